The zero-order valence-electron chi connectivity index (χ0n) is 10.2. The third-order valence-electron chi connectivity index (χ3n) is 4.05. The number of hydrogen-bond acceptors (Lipinski definition) is 2. The van der Waals surface area contributed by atoms with E-state index in [-0.39, 0.29) is 5.60 Å². The highest BCUT2D eigenvalue weighted by Gasteiger charge is 2.42. The van der Waals surface area contributed by atoms with Crippen LogP contribution in [-0.4, -0.2) is 18.2 Å². The van der Waals surface area contributed by atoms with Gasteiger partial charge >= 0.3 is 0 Å². The molecular formula is C14H17BrClNO. The highest BCUT2D eigenvalue weighted by Crippen LogP contribution is 2.43. The molecule has 1 spiro atoms. The largest absolute Gasteiger partial charge is 0.382 e. The summed E-state index contributed by atoms with van der Waals surface area (Å²) in [5.41, 5.74) is 1.33. The molecule has 0 bridgehead atoms. The second-order valence-electron chi connectivity index (χ2n) is 5.35. The molecule has 98 valence electrons. The van der Waals surface area contributed by atoms with Crippen LogP contribution >= 0.6 is 27.5 Å². The Morgan fingerprint density at radius 1 is 1.39 bits per heavy atom. The zero-order valence-corrected chi connectivity index (χ0v) is 12.6. The Kier molecular flexibility index (Phi) is 3.57. The molecule has 0 aromatic heterocycles. The van der Waals surface area contributed by atoms with Crippen LogP contribution in [0.1, 0.15) is 32.1 Å². The number of nitrogens with one attached hydrogen (secondary N) is 1. The average Bonchev–Trinajstić information content (AvgIpc) is 2.32. The molecule has 1 aromatic rings. The number of halogens is 2. The van der Waals surface area contributed by atoms with Crippen molar-refractivity contribution >= 4 is 33.2 Å². The van der Waals surface area contributed by atoms with Crippen molar-refractivity contribution < 1.29 is 4.74 Å². The van der Waals surface area contributed by atoms with E-state index in [1.54, 1.807) is 0 Å². The minimum atomic E-state index is 0.194. The van der Waals surface area contributed by atoms with E-state index in [0.29, 0.717) is 6.04 Å². The van der Waals surface area contributed by atoms with Gasteiger partial charge in [-0.25, -0.2) is 0 Å². The fourth-order valence-corrected chi connectivity index (χ4v) is 3.39. The summed E-state index contributed by atoms with van der Waals surface area (Å²) in [6.45, 7) is 0.881. The fourth-order valence-electron chi connectivity index (χ4n) is 2.89. The third kappa shape index (κ3) is 2.54. The molecule has 2 aliphatic rings. The lowest BCUT2D eigenvalue weighted by molar-refractivity contribution is -0.130. The number of ether oxygens (including phenoxy) is 1. The van der Waals surface area contributed by atoms with Gasteiger partial charge in [-0.2, -0.15) is 0 Å². The third-order valence-corrected chi connectivity index (χ3v) is 5.26. The summed E-state index contributed by atoms with van der Waals surface area (Å²) in [4.78, 5) is 0. The molecule has 3 rings (SSSR count). The molecule has 2 nitrogen and oxygen atoms in total. The maximum absolute atomic E-state index is 6.01. The topological polar surface area (TPSA) is 21.3 Å². The van der Waals surface area contributed by atoms with Gasteiger partial charge in [0, 0.05) is 22.8 Å². The van der Waals surface area contributed by atoms with Crippen LogP contribution in [0.3, 0.4) is 0 Å². The number of anilines is 1. The maximum atomic E-state index is 6.01. The summed E-state index contributed by atoms with van der Waals surface area (Å²) in [5.74, 6) is 0. The highest BCUT2D eigenvalue weighted by molar-refractivity contribution is 9.10. The van der Waals surface area contributed by atoms with Crippen molar-refractivity contribution in [3.63, 3.8) is 0 Å². The van der Waals surface area contributed by atoms with Crippen molar-refractivity contribution in [1.29, 1.82) is 0 Å². The van der Waals surface area contributed by atoms with Crippen molar-refractivity contribution in [3.05, 3.63) is 27.7 Å². The van der Waals surface area contributed by atoms with Crippen molar-refractivity contribution in [2.75, 3.05) is 11.9 Å². The molecule has 1 unspecified atom stereocenters. The minimum absolute atomic E-state index is 0.194. The quantitative estimate of drug-likeness (QED) is 0.854. The van der Waals surface area contributed by atoms with Gasteiger partial charge in [0.15, 0.2) is 0 Å². The molecule has 1 aromatic carbocycles. The molecule has 1 saturated heterocycles. The molecular weight excluding hydrogens is 314 g/mol. The smallest absolute Gasteiger partial charge is 0.0702 e. The monoisotopic (exact) mass is 329 g/mol. The summed E-state index contributed by atoms with van der Waals surface area (Å²) >= 11 is 9.47. The molecule has 2 fully saturated rings. The van der Waals surface area contributed by atoms with Gasteiger partial charge in [-0.15, -0.1) is 0 Å². The van der Waals surface area contributed by atoms with Crippen LogP contribution in [0.5, 0.6) is 0 Å². The average molecular weight is 331 g/mol. The Balaban J connectivity index is 1.66. The van der Waals surface area contributed by atoms with Gasteiger partial charge in [-0.1, -0.05) is 11.6 Å². The molecule has 4 heteroatoms. The van der Waals surface area contributed by atoms with Crippen molar-refractivity contribution in [2.45, 2.75) is 43.7 Å². The van der Waals surface area contributed by atoms with Crippen LogP contribution in [0.2, 0.25) is 5.02 Å². The van der Waals surface area contributed by atoms with E-state index < -0.39 is 0 Å². The van der Waals surface area contributed by atoms with Crippen molar-refractivity contribution in [2.24, 2.45) is 0 Å². The van der Waals surface area contributed by atoms with E-state index in [9.17, 15) is 0 Å². The Morgan fingerprint density at radius 3 is 2.89 bits per heavy atom. The van der Waals surface area contributed by atoms with Gasteiger partial charge in [-0.3, -0.25) is 0 Å². The van der Waals surface area contributed by atoms with Crippen LogP contribution in [-0.2, 0) is 4.74 Å². The number of rotatable bonds is 2. The SMILES string of the molecule is Clc1ccc(NC2CCOC3(CCC3)C2)cc1Br. The summed E-state index contributed by atoms with van der Waals surface area (Å²) in [5, 5.41) is 4.36. The lowest BCUT2D eigenvalue weighted by Gasteiger charge is -2.47. The van der Waals surface area contributed by atoms with E-state index in [0.717, 1.165) is 34.6 Å². The second kappa shape index (κ2) is 5.03. The Labute approximate surface area is 121 Å². The van der Waals surface area contributed by atoms with Gasteiger partial charge < -0.3 is 10.1 Å². The first-order valence-electron chi connectivity index (χ1n) is 6.52. The second-order valence-corrected chi connectivity index (χ2v) is 6.61. The molecule has 1 heterocycles. The van der Waals surface area contributed by atoms with Gasteiger partial charge in [0.05, 0.1) is 10.6 Å². The van der Waals surface area contributed by atoms with Crippen LogP contribution in [0.15, 0.2) is 22.7 Å². The lowest BCUT2D eigenvalue weighted by atomic mass is 9.74. The van der Waals surface area contributed by atoms with Gasteiger partial charge in [-0.05, 0) is 66.2 Å². The van der Waals surface area contributed by atoms with Gasteiger partial charge in [0.1, 0.15) is 0 Å². The van der Waals surface area contributed by atoms with Crippen molar-refractivity contribution in [1.82, 2.24) is 0 Å². The normalized spacial score (nSPS) is 25.8. The molecule has 1 atom stereocenters. The maximum Gasteiger partial charge on any atom is 0.0702 e. The molecule has 0 radical (unpaired) electrons. The first-order chi connectivity index (χ1) is 8.67. The summed E-state index contributed by atoms with van der Waals surface area (Å²) in [7, 11) is 0. The molecule has 1 aliphatic carbocycles. The van der Waals surface area contributed by atoms with Gasteiger partial charge in [0.2, 0.25) is 0 Å². The first-order valence-corrected chi connectivity index (χ1v) is 7.70. The predicted octanol–water partition coefficient (Wildman–Crippen LogP) is 4.62. The van der Waals surface area contributed by atoms with E-state index in [1.165, 1.54) is 19.3 Å². The van der Waals surface area contributed by atoms with Crippen molar-refractivity contribution in [3.8, 4) is 0 Å². The Morgan fingerprint density at radius 2 is 2.22 bits per heavy atom. The summed E-state index contributed by atoms with van der Waals surface area (Å²) in [6, 6.07) is 6.53. The lowest BCUT2D eigenvalue weighted by Crippen LogP contribution is -2.48. The highest BCUT2D eigenvalue weighted by atomic mass is 79.9. The first kappa shape index (κ1) is 12.8. The summed E-state index contributed by atoms with van der Waals surface area (Å²) < 4.78 is 6.89. The predicted molar refractivity (Wildman–Crippen MR) is 78.3 cm³/mol. The standard InChI is InChI=1S/C14H17BrClNO/c15-12-8-10(2-3-13(12)16)17-11-4-7-18-14(9-11)5-1-6-14/h2-3,8,11,17H,1,4-7,9H2. The van der Waals surface area contributed by atoms with E-state index in [4.69, 9.17) is 16.3 Å². The van der Waals surface area contributed by atoms with Crippen LogP contribution < -0.4 is 5.32 Å². The molecule has 0 amide bonds. The molecule has 1 aliphatic heterocycles. The number of benzene rings is 1. The van der Waals surface area contributed by atoms with E-state index in [1.807, 2.05) is 18.2 Å². The van der Waals surface area contributed by atoms with E-state index >= 15 is 0 Å². The molecule has 1 N–H and O–H groups in total. The van der Waals surface area contributed by atoms with Crippen LogP contribution in [0.25, 0.3) is 0 Å². The minimum Gasteiger partial charge on any atom is -0.382 e. The number of hydrogen-bond donors (Lipinski definition) is 1. The Hall–Kier alpha value is -0.250. The van der Waals surface area contributed by atoms with E-state index in [2.05, 4.69) is 21.2 Å². The van der Waals surface area contributed by atoms with Crippen LogP contribution in [0, 0.1) is 0 Å². The molecule has 18 heavy (non-hydrogen) atoms. The fraction of sp³-hybridized carbons (Fsp3) is 0.571. The van der Waals surface area contributed by atoms with Crippen LogP contribution in [0.4, 0.5) is 5.69 Å². The Bertz CT molecular complexity index is 447. The summed E-state index contributed by atoms with van der Waals surface area (Å²) in [6.07, 6.45) is 6.00. The van der Waals surface area contributed by atoms with Gasteiger partial charge in [0.25, 0.3) is 0 Å². The zero-order chi connectivity index (χ0) is 12.6. The molecule has 1 saturated carbocycles.